The van der Waals surface area contributed by atoms with Crippen molar-refractivity contribution in [3.05, 3.63) is 57.8 Å². The topological polar surface area (TPSA) is 52.2 Å². The predicted octanol–water partition coefficient (Wildman–Crippen LogP) is 2.50. The van der Waals surface area contributed by atoms with Crippen molar-refractivity contribution in [2.45, 2.75) is 31.7 Å². The fraction of sp³-hybridized carbons (Fsp3) is 0.474. The highest BCUT2D eigenvalue weighted by Crippen LogP contribution is 2.27. The van der Waals surface area contributed by atoms with Crippen LogP contribution in [-0.4, -0.2) is 41.0 Å². The van der Waals surface area contributed by atoms with Gasteiger partial charge in [0.05, 0.1) is 5.69 Å². The lowest BCUT2D eigenvalue weighted by Crippen LogP contribution is -2.25. The van der Waals surface area contributed by atoms with E-state index in [1.54, 1.807) is 18.2 Å². The molecule has 1 aromatic carbocycles. The normalized spacial score (nSPS) is 21.2. The summed E-state index contributed by atoms with van der Waals surface area (Å²) in [5.74, 6) is 0.778. The fourth-order valence-corrected chi connectivity index (χ4v) is 3.86. The summed E-state index contributed by atoms with van der Waals surface area (Å²) in [6.45, 7) is 4.45. The molecule has 1 N–H and O–H groups in total. The zero-order valence-electron chi connectivity index (χ0n) is 14.2. The zero-order valence-corrected chi connectivity index (χ0v) is 14.2. The molecule has 6 heteroatoms. The highest BCUT2D eigenvalue weighted by Gasteiger charge is 2.26. The summed E-state index contributed by atoms with van der Waals surface area (Å²) in [7, 11) is 0. The van der Waals surface area contributed by atoms with Crippen molar-refractivity contribution >= 4 is 5.95 Å². The summed E-state index contributed by atoms with van der Waals surface area (Å²) in [5, 5.41) is 0. The smallest absolute Gasteiger partial charge is 0.252 e. The highest BCUT2D eigenvalue weighted by atomic mass is 19.1. The van der Waals surface area contributed by atoms with Crippen LogP contribution in [0, 0.1) is 5.82 Å². The lowest BCUT2D eigenvalue weighted by molar-refractivity contribution is 0.326. The van der Waals surface area contributed by atoms with Gasteiger partial charge >= 0.3 is 0 Å². The Balaban J connectivity index is 1.47. The molecule has 0 amide bonds. The Morgan fingerprint density at radius 2 is 2.04 bits per heavy atom. The van der Waals surface area contributed by atoms with Crippen LogP contribution in [0.25, 0.3) is 0 Å². The number of nitrogens with one attached hydrogen (secondary N) is 1. The van der Waals surface area contributed by atoms with Gasteiger partial charge in [0.15, 0.2) is 0 Å². The molecular formula is C19H23FN4O. The van der Waals surface area contributed by atoms with Crippen LogP contribution in [0.15, 0.2) is 35.1 Å². The number of rotatable bonds is 4. The van der Waals surface area contributed by atoms with Gasteiger partial charge < -0.3 is 4.90 Å². The summed E-state index contributed by atoms with van der Waals surface area (Å²) >= 11 is 0. The number of hydrogen-bond donors (Lipinski definition) is 1. The molecule has 2 aliphatic rings. The molecule has 1 aromatic heterocycles. The first kappa shape index (κ1) is 16.3. The second kappa shape index (κ2) is 6.96. The van der Waals surface area contributed by atoms with Crippen LogP contribution in [0.3, 0.4) is 0 Å². The first-order valence-corrected chi connectivity index (χ1v) is 9.00. The van der Waals surface area contributed by atoms with Crippen molar-refractivity contribution < 1.29 is 4.39 Å². The first-order valence-electron chi connectivity index (χ1n) is 9.00. The maximum atomic E-state index is 13.3. The second-order valence-electron chi connectivity index (χ2n) is 7.04. The van der Waals surface area contributed by atoms with E-state index in [9.17, 15) is 9.18 Å². The monoisotopic (exact) mass is 342 g/mol. The zero-order chi connectivity index (χ0) is 17.2. The minimum atomic E-state index is -0.195. The van der Waals surface area contributed by atoms with Gasteiger partial charge in [-0.05, 0) is 43.5 Å². The van der Waals surface area contributed by atoms with Crippen LogP contribution in [0.4, 0.5) is 10.3 Å². The van der Waals surface area contributed by atoms with E-state index in [4.69, 9.17) is 4.98 Å². The van der Waals surface area contributed by atoms with Gasteiger partial charge in [0.1, 0.15) is 5.82 Å². The van der Waals surface area contributed by atoms with E-state index in [2.05, 4.69) is 14.8 Å². The molecule has 0 spiro atoms. The predicted molar refractivity (Wildman–Crippen MR) is 95.3 cm³/mol. The number of H-pyrrole nitrogens is 1. The Morgan fingerprint density at radius 1 is 1.20 bits per heavy atom. The molecule has 0 saturated carbocycles. The second-order valence-corrected chi connectivity index (χ2v) is 7.04. The lowest BCUT2D eigenvalue weighted by Gasteiger charge is -2.18. The number of likely N-dealkylation sites (tertiary alicyclic amines) is 1. The molecule has 132 valence electrons. The standard InChI is InChI=1S/C19H23FN4O/c20-16-5-3-4-14(10-16)12-23-9-6-15(13-23)17-11-18(25)22-19(21-17)24-7-1-2-8-24/h3-5,10-11,15H,1-2,6-9,12-13H2,(H,21,22,25)/t15-/m0/s1. The molecule has 1 atom stereocenters. The van der Waals surface area contributed by atoms with E-state index < -0.39 is 0 Å². The highest BCUT2D eigenvalue weighted by molar-refractivity contribution is 5.32. The SMILES string of the molecule is O=c1cc([C@H]2CCN(Cc3cccc(F)c3)C2)nc(N2CCCC2)[nH]1. The molecular weight excluding hydrogens is 319 g/mol. The van der Waals surface area contributed by atoms with Gasteiger partial charge in [-0.3, -0.25) is 14.7 Å². The summed E-state index contributed by atoms with van der Waals surface area (Å²) < 4.78 is 13.3. The van der Waals surface area contributed by atoms with E-state index in [0.717, 1.165) is 63.2 Å². The van der Waals surface area contributed by atoms with Gasteiger partial charge in [-0.1, -0.05) is 12.1 Å². The fourth-order valence-electron chi connectivity index (χ4n) is 3.86. The first-order chi connectivity index (χ1) is 12.2. The summed E-state index contributed by atoms with van der Waals surface area (Å²) in [5.41, 5.74) is 1.79. The molecule has 2 saturated heterocycles. The molecule has 5 nitrogen and oxygen atoms in total. The van der Waals surface area contributed by atoms with Crippen LogP contribution in [0.5, 0.6) is 0 Å². The van der Waals surface area contributed by atoms with Crippen molar-refractivity contribution in [1.29, 1.82) is 0 Å². The molecule has 3 heterocycles. The Morgan fingerprint density at radius 3 is 2.84 bits per heavy atom. The van der Waals surface area contributed by atoms with Gasteiger partial charge in [0, 0.05) is 38.2 Å². The van der Waals surface area contributed by atoms with Crippen molar-refractivity contribution in [2.24, 2.45) is 0 Å². The third kappa shape index (κ3) is 3.74. The maximum Gasteiger partial charge on any atom is 0.252 e. The van der Waals surface area contributed by atoms with Crippen LogP contribution < -0.4 is 10.5 Å². The van der Waals surface area contributed by atoms with E-state index in [1.807, 2.05) is 6.07 Å². The van der Waals surface area contributed by atoms with Gasteiger partial charge in [-0.15, -0.1) is 0 Å². The lowest BCUT2D eigenvalue weighted by atomic mass is 10.0. The number of benzene rings is 1. The van der Waals surface area contributed by atoms with E-state index in [0.29, 0.717) is 5.95 Å². The summed E-state index contributed by atoms with van der Waals surface area (Å²) in [6, 6.07) is 8.39. The van der Waals surface area contributed by atoms with E-state index >= 15 is 0 Å². The minimum Gasteiger partial charge on any atom is -0.342 e. The quantitative estimate of drug-likeness (QED) is 0.928. The van der Waals surface area contributed by atoms with Crippen molar-refractivity contribution in [3.63, 3.8) is 0 Å². The van der Waals surface area contributed by atoms with Crippen molar-refractivity contribution in [2.75, 3.05) is 31.1 Å². The summed E-state index contributed by atoms with van der Waals surface area (Å²) in [4.78, 5) is 24.1. The molecule has 2 aliphatic heterocycles. The van der Waals surface area contributed by atoms with E-state index in [-0.39, 0.29) is 17.3 Å². The molecule has 2 fully saturated rings. The molecule has 25 heavy (non-hydrogen) atoms. The number of anilines is 1. The van der Waals surface area contributed by atoms with Crippen LogP contribution in [0.2, 0.25) is 0 Å². The Bertz CT molecular complexity index is 800. The molecule has 0 radical (unpaired) electrons. The molecule has 4 rings (SSSR count). The minimum absolute atomic E-state index is 0.0736. The number of nitrogens with zero attached hydrogens (tertiary/aromatic N) is 3. The molecule has 0 bridgehead atoms. The average molecular weight is 342 g/mol. The molecule has 2 aromatic rings. The largest absolute Gasteiger partial charge is 0.342 e. The number of hydrogen-bond acceptors (Lipinski definition) is 4. The van der Waals surface area contributed by atoms with E-state index in [1.165, 1.54) is 6.07 Å². The molecule has 0 unspecified atom stereocenters. The van der Waals surface area contributed by atoms with Crippen LogP contribution in [-0.2, 0) is 6.54 Å². The van der Waals surface area contributed by atoms with Gasteiger partial charge in [-0.25, -0.2) is 9.37 Å². The maximum absolute atomic E-state index is 13.3. The van der Waals surface area contributed by atoms with Gasteiger partial charge in [-0.2, -0.15) is 0 Å². The summed E-state index contributed by atoms with van der Waals surface area (Å²) in [6.07, 6.45) is 3.28. The third-order valence-corrected chi connectivity index (χ3v) is 5.14. The van der Waals surface area contributed by atoms with Crippen molar-refractivity contribution in [1.82, 2.24) is 14.9 Å². The molecule has 0 aliphatic carbocycles. The van der Waals surface area contributed by atoms with Crippen molar-refractivity contribution in [3.8, 4) is 0 Å². The van der Waals surface area contributed by atoms with Gasteiger partial charge in [0.25, 0.3) is 5.56 Å². The Labute approximate surface area is 146 Å². The average Bonchev–Trinajstić information content (AvgIpc) is 3.26. The Kier molecular flexibility index (Phi) is 4.53. The van der Waals surface area contributed by atoms with Gasteiger partial charge in [0.2, 0.25) is 5.95 Å². The number of aromatic nitrogens is 2. The Hall–Kier alpha value is -2.21. The van der Waals surface area contributed by atoms with Crippen LogP contribution in [0.1, 0.15) is 36.4 Å². The number of halogens is 1. The number of aromatic amines is 1. The third-order valence-electron chi connectivity index (χ3n) is 5.14. The van der Waals surface area contributed by atoms with Crippen LogP contribution >= 0.6 is 0 Å².